The van der Waals surface area contributed by atoms with Crippen LogP contribution in [-0.4, -0.2) is 33.3 Å². The second-order valence-corrected chi connectivity index (χ2v) is 7.89. The van der Waals surface area contributed by atoms with Gasteiger partial charge in [-0.1, -0.05) is 12.2 Å². The number of hydrogen-bond donors (Lipinski definition) is 0. The second kappa shape index (κ2) is 7.22. The first-order valence-corrected chi connectivity index (χ1v) is 9.70. The summed E-state index contributed by atoms with van der Waals surface area (Å²) in [7, 11) is 1.73. The summed E-state index contributed by atoms with van der Waals surface area (Å²) in [6.07, 6.45) is 13.1. The first-order chi connectivity index (χ1) is 13.5. The number of ketones is 1. The van der Waals surface area contributed by atoms with Gasteiger partial charge in [-0.3, -0.25) is 14.9 Å². The van der Waals surface area contributed by atoms with Crippen LogP contribution in [0.25, 0.3) is 0 Å². The molecule has 2 aliphatic rings. The Morgan fingerprint density at radius 1 is 1.29 bits per heavy atom. The molecule has 1 saturated heterocycles. The van der Waals surface area contributed by atoms with Crippen LogP contribution in [0.15, 0.2) is 42.7 Å². The summed E-state index contributed by atoms with van der Waals surface area (Å²) >= 11 is 0. The van der Waals surface area contributed by atoms with Gasteiger partial charge in [0.1, 0.15) is 5.69 Å². The van der Waals surface area contributed by atoms with E-state index in [2.05, 4.69) is 22.0 Å². The molecular weight excluding hydrogens is 356 g/mol. The van der Waals surface area contributed by atoms with Crippen molar-refractivity contribution in [3.05, 3.63) is 64.2 Å². The van der Waals surface area contributed by atoms with E-state index in [1.165, 1.54) is 6.07 Å². The highest BCUT2D eigenvalue weighted by atomic mass is 16.6. The van der Waals surface area contributed by atoms with Crippen molar-refractivity contribution in [1.82, 2.24) is 9.55 Å². The molecule has 0 saturated carbocycles. The Morgan fingerprint density at radius 3 is 2.82 bits per heavy atom. The van der Waals surface area contributed by atoms with Crippen molar-refractivity contribution in [2.45, 2.75) is 32.1 Å². The Kier molecular flexibility index (Phi) is 4.75. The maximum atomic E-state index is 12.7. The highest BCUT2D eigenvalue weighted by molar-refractivity contribution is 6.07. The summed E-state index contributed by atoms with van der Waals surface area (Å²) < 4.78 is 1.62. The average Bonchev–Trinajstić information content (AvgIpc) is 3.13. The van der Waals surface area contributed by atoms with Crippen LogP contribution in [0.2, 0.25) is 0 Å². The molecule has 1 fully saturated rings. The number of rotatable bonds is 4. The zero-order valence-corrected chi connectivity index (χ0v) is 16.0. The molecule has 2 heterocycles. The van der Waals surface area contributed by atoms with Crippen molar-refractivity contribution in [3.63, 3.8) is 0 Å². The van der Waals surface area contributed by atoms with Crippen molar-refractivity contribution < 1.29 is 9.72 Å². The summed E-state index contributed by atoms with van der Waals surface area (Å²) in [4.78, 5) is 30.3. The number of imidazole rings is 1. The average molecular weight is 380 g/mol. The molecule has 1 aromatic heterocycles. The van der Waals surface area contributed by atoms with E-state index in [9.17, 15) is 14.9 Å². The van der Waals surface area contributed by atoms with Crippen LogP contribution in [0.1, 0.15) is 48.3 Å². The zero-order chi connectivity index (χ0) is 19.7. The second-order valence-electron chi connectivity index (χ2n) is 7.89. The van der Waals surface area contributed by atoms with Gasteiger partial charge in [0.15, 0.2) is 5.82 Å². The zero-order valence-electron chi connectivity index (χ0n) is 16.0. The molecule has 0 radical (unpaired) electrons. The van der Waals surface area contributed by atoms with Crippen LogP contribution in [-0.2, 0) is 7.05 Å². The van der Waals surface area contributed by atoms with Crippen LogP contribution < -0.4 is 4.90 Å². The first kappa shape index (κ1) is 18.4. The standard InChI is InChI=1S/C21H24N4O3/c1-23-13-11-22-20(23)19(26)16-6-7-17(18(14-16)25(27)28)24-12-5-10-21(15-24)8-3-2-4-9-21/h2-3,6-7,11,13-14H,4-5,8-10,12,15H2,1H3. The summed E-state index contributed by atoms with van der Waals surface area (Å²) in [6.45, 7) is 1.63. The third kappa shape index (κ3) is 3.32. The van der Waals surface area contributed by atoms with Gasteiger partial charge in [0, 0.05) is 44.2 Å². The molecule has 1 aromatic carbocycles. The lowest BCUT2D eigenvalue weighted by molar-refractivity contribution is -0.384. The normalized spacial score (nSPS) is 21.8. The van der Waals surface area contributed by atoms with E-state index >= 15 is 0 Å². The van der Waals surface area contributed by atoms with Gasteiger partial charge in [0.05, 0.1) is 4.92 Å². The molecule has 1 atom stereocenters. The van der Waals surface area contributed by atoms with Crippen LogP contribution in [0, 0.1) is 15.5 Å². The number of piperidine rings is 1. The lowest BCUT2D eigenvalue weighted by Crippen LogP contribution is -2.44. The van der Waals surface area contributed by atoms with Gasteiger partial charge < -0.3 is 9.47 Å². The lowest BCUT2D eigenvalue weighted by Gasteiger charge is -2.44. The summed E-state index contributed by atoms with van der Waals surface area (Å²) in [6, 6.07) is 4.81. The summed E-state index contributed by atoms with van der Waals surface area (Å²) in [5.74, 6) is -0.0392. The Bertz CT molecular complexity index is 949. The SMILES string of the molecule is Cn1ccnc1C(=O)c1ccc(N2CCCC3(CC=CCC3)C2)c([N+](=O)[O-])c1. The molecule has 146 valence electrons. The fraction of sp³-hybridized carbons (Fsp3) is 0.429. The number of hydrogen-bond acceptors (Lipinski definition) is 5. The van der Waals surface area contributed by atoms with E-state index in [4.69, 9.17) is 0 Å². The fourth-order valence-corrected chi connectivity index (χ4v) is 4.52. The number of nitro benzene ring substituents is 1. The van der Waals surface area contributed by atoms with Crippen LogP contribution in [0.5, 0.6) is 0 Å². The molecule has 7 nitrogen and oxygen atoms in total. The van der Waals surface area contributed by atoms with Gasteiger partial charge in [-0.2, -0.15) is 0 Å². The van der Waals surface area contributed by atoms with Crippen molar-refractivity contribution >= 4 is 17.2 Å². The molecule has 1 aliphatic carbocycles. The molecule has 1 unspecified atom stereocenters. The van der Waals surface area contributed by atoms with Crippen LogP contribution in [0.3, 0.4) is 0 Å². The van der Waals surface area contributed by atoms with Crippen molar-refractivity contribution in [2.75, 3.05) is 18.0 Å². The summed E-state index contributed by atoms with van der Waals surface area (Å²) in [5.41, 5.74) is 1.10. The van der Waals surface area contributed by atoms with E-state index < -0.39 is 0 Å². The maximum Gasteiger partial charge on any atom is 0.293 e. The third-order valence-corrected chi connectivity index (χ3v) is 6.02. The molecule has 0 bridgehead atoms. The summed E-state index contributed by atoms with van der Waals surface area (Å²) in [5, 5.41) is 11.8. The molecule has 0 amide bonds. The molecule has 2 aromatic rings. The molecule has 28 heavy (non-hydrogen) atoms. The monoisotopic (exact) mass is 380 g/mol. The van der Waals surface area contributed by atoms with Gasteiger partial charge in [-0.15, -0.1) is 0 Å². The number of nitro groups is 1. The topological polar surface area (TPSA) is 81.3 Å². The Hall–Kier alpha value is -2.96. The largest absolute Gasteiger partial charge is 0.365 e. The molecule has 7 heteroatoms. The Morgan fingerprint density at radius 2 is 2.14 bits per heavy atom. The highest BCUT2D eigenvalue weighted by Gasteiger charge is 2.37. The quantitative estimate of drug-likeness (QED) is 0.348. The maximum absolute atomic E-state index is 12.7. The number of aryl methyl sites for hydroxylation is 1. The fourth-order valence-electron chi connectivity index (χ4n) is 4.52. The molecular formula is C21H24N4O3. The molecule has 4 rings (SSSR count). The molecule has 1 spiro atoms. The van der Waals surface area contributed by atoms with E-state index in [1.807, 2.05) is 0 Å². The molecule has 1 aliphatic heterocycles. The van der Waals surface area contributed by atoms with Crippen molar-refractivity contribution in [3.8, 4) is 0 Å². The van der Waals surface area contributed by atoms with Gasteiger partial charge >= 0.3 is 0 Å². The number of carbonyl (C=O) groups excluding carboxylic acids is 1. The number of nitrogens with zero attached hydrogens (tertiary/aromatic N) is 4. The minimum atomic E-state index is -0.382. The smallest absolute Gasteiger partial charge is 0.293 e. The Balaban J connectivity index is 1.66. The van der Waals surface area contributed by atoms with Crippen LogP contribution >= 0.6 is 0 Å². The predicted molar refractivity (Wildman–Crippen MR) is 107 cm³/mol. The number of benzene rings is 1. The number of carbonyl (C=O) groups is 1. The molecule has 0 N–H and O–H groups in total. The van der Waals surface area contributed by atoms with Gasteiger partial charge in [0.25, 0.3) is 5.69 Å². The predicted octanol–water partition coefficient (Wildman–Crippen LogP) is 3.89. The minimum Gasteiger partial charge on any atom is -0.365 e. The van der Waals surface area contributed by atoms with Gasteiger partial charge in [-0.05, 0) is 49.7 Å². The van der Waals surface area contributed by atoms with Crippen molar-refractivity contribution in [1.29, 1.82) is 0 Å². The minimum absolute atomic E-state index is 0.0107. The van der Waals surface area contributed by atoms with E-state index in [1.54, 1.807) is 36.1 Å². The lowest BCUT2D eigenvalue weighted by atomic mass is 9.71. The Labute approximate surface area is 163 Å². The van der Waals surface area contributed by atoms with Gasteiger partial charge in [0.2, 0.25) is 5.78 Å². The van der Waals surface area contributed by atoms with E-state index in [-0.39, 0.29) is 33.2 Å². The third-order valence-electron chi connectivity index (χ3n) is 6.02. The van der Waals surface area contributed by atoms with Crippen LogP contribution in [0.4, 0.5) is 11.4 Å². The highest BCUT2D eigenvalue weighted by Crippen LogP contribution is 2.43. The number of aromatic nitrogens is 2. The van der Waals surface area contributed by atoms with E-state index in [0.717, 1.165) is 45.2 Å². The first-order valence-electron chi connectivity index (χ1n) is 9.70. The van der Waals surface area contributed by atoms with Gasteiger partial charge in [-0.25, -0.2) is 4.98 Å². The number of anilines is 1. The van der Waals surface area contributed by atoms with Crippen molar-refractivity contribution in [2.24, 2.45) is 12.5 Å². The number of allylic oxidation sites excluding steroid dienone is 2. The van der Waals surface area contributed by atoms with E-state index in [0.29, 0.717) is 5.69 Å².